The first-order chi connectivity index (χ1) is 28.6. The van der Waals surface area contributed by atoms with Gasteiger partial charge in [-0.05, 0) is 43.8 Å². The SMILES string of the molecule is O=P(c1ccccc1)(c1ccccc1)c1ccc(-c2ccc(-c3ccc(-c4nc(-c5cccc6ccccc56)nc(-c5cccc6ccccc56)n4)cc3)cc2)cc1. The zero-order chi connectivity index (χ0) is 38.9. The van der Waals surface area contributed by atoms with Crippen molar-refractivity contribution in [2.24, 2.45) is 0 Å². The molecule has 58 heavy (non-hydrogen) atoms. The van der Waals surface area contributed by atoms with Crippen LogP contribution in [0.3, 0.4) is 0 Å². The Morgan fingerprint density at radius 3 is 1.05 bits per heavy atom. The molecule has 0 bridgehead atoms. The smallest absolute Gasteiger partial charge is 0.171 e. The van der Waals surface area contributed by atoms with Crippen LogP contribution in [-0.2, 0) is 4.57 Å². The van der Waals surface area contributed by atoms with Gasteiger partial charge in [-0.15, -0.1) is 0 Å². The van der Waals surface area contributed by atoms with Gasteiger partial charge in [0.15, 0.2) is 24.6 Å². The fraction of sp³-hybridized carbons (Fsp3) is 0. The summed E-state index contributed by atoms with van der Waals surface area (Å²) in [6.45, 7) is 0. The van der Waals surface area contributed by atoms with Gasteiger partial charge in [-0.2, -0.15) is 0 Å². The van der Waals surface area contributed by atoms with Gasteiger partial charge in [-0.1, -0.05) is 218 Å². The van der Waals surface area contributed by atoms with Crippen LogP contribution in [0.1, 0.15) is 0 Å². The van der Waals surface area contributed by atoms with E-state index in [2.05, 4.69) is 146 Å². The van der Waals surface area contributed by atoms with E-state index in [1.807, 2.05) is 72.8 Å². The van der Waals surface area contributed by atoms with Gasteiger partial charge >= 0.3 is 0 Å². The van der Waals surface area contributed by atoms with Crippen molar-refractivity contribution in [3.63, 3.8) is 0 Å². The van der Waals surface area contributed by atoms with Gasteiger partial charge in [0.2, 0.25) is 0 Å². The summed E-state index contributed by atoms with van der Waals surface area (Å²) in [6, 6.07) is 74.0. The molecule has 0 aliphatic heterocycles. The lowest BCUT2D eigenvalue weighted by molar-refractivity contribution is 0.592. The topological polar surface area (TPSA) is 55.7 Å². The van der Waals surface area contributed by atoms with Crippen molar-refractivity contribution >= 4 is 44.6 Å². The molecule has 0 atom stereocenters. The highest BCUT2D eigenvalue weighted by molar-refractivity contribution is 7.85. The number of aromatic nitrogens is 3. The second kappa shape index (κ2) is 15.0. The van der Waals surface area contributed by atoms with Crippen molar-refractivity contribution in [3.05, 3.63) is 218 Å². The van der Waals surface area contributed by atoms with E-state index in [1.54, 1.807) is 0 Å². The molecular weight excluding hydrogens is 726 g/mol. The molecule has 10 rings (SSSR count). The zero-order valence-electron chi connectivity index (χ0n) is 31.5. The third-order valence-corrected chi connectivity index (χ3v) is 13.9. The fourth-order valence-electron chi connectivity index (χ4n) is 7.84. The van der Waals surface area contributed by atoms with Crippen LogP contribution in [0.25, 0.3) is 78.0 Å². The van der Waals surface area contributed by atoms with E-state index in [9.17, 15) is 4.57 Å². The van der Waals surface area contributed by atoms with E-state index < -0.39 is 7.14 Å². The summed E-state index contributed by atoms with van der Waals surface area (Å²) in [6.07, 6.45) is 0. The molecule has 9 aromatic carbocycles. The maximum absolute atomic E-state index is 14.8. The quantitative estimate of drug-likeness (QED) is 0.145. The molecule has 0 aliphatic rings. The first kappa shape index (κ1) is 35.2. The van der Waals surface area contributed by atoms with Gasteiger partial charge in [-0.3, -0.25) is 0 Å². The van der Waals surface area contributed by atoms with Crippen molar-refractivity contribution in [3.8, 4) is 56.4 Å². The van der Waals surface area contributed by atoms with Gasteiger partial charge in [-0.25, -0.2) is 15.0 Å². The van der Waals surface area contributed by atoms with E-state index in [0.717, 1.165) is 76.4 Å². The van der Waals surface area contributed by atoms with Gasteiger partial charge < -0.3 is 4.57 Å². The van der Waals surface area contributed by atoms with Gasteiger partial charge in [0, 0.05) is 32.6 Å². The van der Waals surface area contributed by atoms with Crippen LogP contribution >= 0.6 is 7.14 Å². The van der Waals surface area contributed by atoms with Crippen LogP contribution in [-0.4, -0.2) is 15.0 Å². The van der Waals surface area contributed by atoms with Crippen LogP contribution in [0.4, 0.5) is 0 Å². The fourth-order valence-corrected chi connectivity index (χ4v) is 10.5. The van der Waals surface area contributed by atoms with Crippen molar-refractivity contribution < 1.29 is 4.57 Å². The molecule has 1 aromatic heterocycles. The summed E-state index contributed by atoms with van der Waals surface area (Å²) < 4.78 is 14.8. The number of nitrogens with zero attached hydrogens (tertiary/aromatic N) is 3. The molecule has 0 unspecified atom stereocenters. The highest BCUT2D eigenvalue weighted by Gasteiger charge is 2.29. The second-order valence-electron chi connectivity index (χ2n) is 14.3. The number of rotatable bonds is 8. The molecule has 0 fully saturated rings. The van der Waals surface area contributed by atoms with Crippen LogP contribution < -0.4 is 15.9 Å². The third kappa shape index (κ3) is 6.50. The lowest BCUT2D eigenvalue weighted by Crippen LogP contribution is -2.24. The molecular formula is C53H36N3OP. The van der Waals surface area contributed by atoms with Crippen LogP contribution in [0.15, 0.2) is 218 Å². The molecule has 0 N–H and O–H groups in total. The molecule has 0 spiro atoms. The number of fused-ring (bicyclic) bond motifs is 2. The molecule has 5 heteroatoms. The molecule has 10 aromatic rings. The van der Waals surface area contributed by atoms with Crippen LogP contribution in [0, 0.1) is 0 Å². The minimum absolute atomic E-state index is 0.621. The van der Waals surface area contributed by atoms with Crippen molar-refractivity contribution in [2.75, 3.05) is 0 Å². The highest BCUT2D eigenvalue weighted by atomic mass is 31.2. The number of benzene rings is 9. The Morgan fingerprint density at radius 2 is 0.603 bits per heavy atom. The van der Waals surface area contributed by atoms with E-state index in [1.165, 1.54) is 0 Å². The molecule has 0 amide bonds. The molecule has 1 heterocycles. The monoisotopic (exact) mass is 761 g/mol. The van der Waals surface area contributed by atoms with E-state index >= 15 is 0 Å². The van der Waals surface area contributed by atoms with Crippen LogP contribution in [0.2, 0.25) is 0 Å². The molecule has 4 nitrogen and oxygen atoms in total. The first-order valence-corrected chi connectivity index (χ1v) is 21.1. The maximum atomic E-state index is 14.8. The minimum Gasteiger partial charge on any atom is -0.309 e. The lowest BCUT2D eigenvalue weighted by atomic mass is 9.99. The Kier molecular flexibility index (Phi) is 9.10. The Hall–Kier alpha value is -7.26. The summed E-state index contributed by atoms with van der Waals surface area (Å²) in [5.41, 5.74) is 7.20. The summed E-state index contributed by atoms with van der Waals surface area (Å²) >= 11 is 0. The summed E-state index contributed by atoms with van der Waals surface area (Å²) in [5, 5.41) is 6.94. The van der Waals surface area contributed by atoms with Gasteiger partial charge in [0.05, 0.1) is 0 Å². The van der Waals surface area contributed by atoms with Gasteiger partial charge in [0.25, 0.3) is 0 Å². The maximum Gasteiger partial charge on any atom is 0.171 e. The molecule has 274 valence electrons. The Labute approximate surface area is 337 Å². The van der Waals surface area contributed by atoms with E-state index in [-0.39, 0.29) is 0 Å². The van der Waals surface area contributed by atoms with Gasteiger partial charge in [0.1, 0.15) is 0 Å². The molecule has 0 aliphatic carbocycles. The molecule has 0 saturated heterocycles. The molecule has 0 radical (unpaired) electrons. The predicted molar refractivity (Wildman–Crippen MR) is 241 cm³/mol. The summed E-state index contributed by atoms with van der Waals surface area (Å²) in [4.78, 5) is 15.3. The second-order valence-corrected chi connectivity index (χ2v) is 17.1. The third-order valence-electron chi connectivity index (χ3n) is 10.9. The van der Waals surface area contributed by atoms with Crippen LogP contribution in [0.5, 0.6) is 0 Å². The lowest BCUT2D eigenvalue weighted by Gasteiger charge is -2.20. The minimum atomic E-state index is -3.03. The normalized spacial score (nSPS) is 11.5. The average molecular weight is 762 g/mol. The van der Waals surface area contributed by atoms with Crippen molar-refractivity contribution in [1.82, 2.24) is 15.0 Å². The number of hydrogen-bond donors (Lipinski definition) is 0. The highest BCUT2D eigenvalue weighted by Crippen LogP contribution is 2.42. The summed E-state index contributed by atoms with van der Waals surface area (Å²) in [7, 11) is -3.03. The Morgan fingerprint density at radius 1 is 0.276 bits per heavy atom. The van der Waals surface area contributed by atoms with E-state index in [0.29, 0.717) is 17.5 Å². The summed E-state index contributed by atoms with van der Waals surface area (Å²) in [5.74, 6) is 1.90. The van der Waals surface area contributed by atoms with Crippen molar-refractivity contribution in [1.29, 1.82) is 0 Å². The average Bonchev–Trinajstić information content (AvgIpc) is 3.31. The van der Waals surface area contributed by atoms with E-state index in [4.69, 9.17) is 15.0 Å². The Balaban J connectivity index is 0.967. The predicted octanol–water partition coefficient (Wildman–Crippen LogP) is 12.2. The first-order valence-electron chi connectivity index (χ1n) is 19.4. The van der Waals surface area contributed by atoms with Crippen molar-refractivity contribution in [2.45, 2.75) is 0 Å². The number of hydrogen-bond acceptors (Lipinski definition) is 4. The Bertz CT molecular complexity index is 2960. The largest absolute Gasteiger partial charge is 0.309 e. The molecule has 0 saturated carbocycles. The standard InChI is InChI=1S/C53H36N3OP/c57-58(44-17-3-1-4-18-44,45-19-5-2-6-20-45)46-35-33-40(34-36-46)38-27-25-37(26-28-38)39-29-31-43(32-30-39)51-54-52(49-23-11-15-41-13-7-9-21-47(41)49)56-53(55-51)50-24-12-16-42-14-8-10-22-48(42)50/h1-36H. The zero-order valence-corrected chi connectivity index (χ0v) is 32.4.